The standard InChI is InChI=1S/C12H15FN2O/c1-15(2)8-7-12(13)9-5-3-4-6-10(9)14-11(12)16/h3-6H,7-8H2,1-2H3,(H,14,16). The van der Waals surface area contributed by atoms with E-state index in [0.29, 0.717) is 17.8 Å². The van der Waals surface area contributed by atoms with Crippen LogP contribution in [0, 0.1) is 0 Å². The average molecular weight is 222 g/mol. The van der Waals surface area contributed by atoms with Crippen molar-refractivity contribution in [3.05, 3.63) is 29.8 Å². The van der Waals surface area contributed by atoms with E-state index in [4.69, 9.17) is 0 Å². The average Bonchev–Trinajstić information content (AvgIpc) is 2.50. The molecule has 1 aromatic carbocycles. The first-order valence-corrected chi connectivity index (χ1v) is 5.28. The van der Waals surface area contributed by atoms with Crippen molar-refractivity contribution in [2.24, 2.45) is 0 Å². The lowest BCUT2D eigenvalue weighted by molar-refractivity contribution is -0.127. The molecule has 1 aliphatic rings. The third kappa shape index (κ3) is 1.69. The van der Waals surface area contributed by atoms with Crippen LogP contribution in [0.3, 0.4) is 0 Å². The molecule has 0 spiro atoms. The van der Waals surface area contributed by atoms with Crippen LogP contribution in [0.1, 0.15) is 12.0 Å². The van der Waals surface area contributed by atoms with Gasteiger partial charge >= 0.3 is 0 Å². The van der Waals surface area contributed by atoms with Crippen LogP contribution in [0.5, 0.6) is 0 Å². The quantitative estimate of drug-likeness (QED) is 0.845. The van der Waals surface area contributed by atoms with Crippen molar-refractivity contribution in [3.63, 3.8) is 0 Å². The Kier molecular flexibility index (Phi) is 2.68. The SMILES string of the molecule is CN(C)CCC1(F)C(=O)Nc2ccccc21. The number of alkyl halides is 1. The second-order valence-corrected chi connectivity index (χ2v) is 4.35. The Morgan fingerprint density at radius 1 is 1.38 bits per heavy atom. The van der Waals surface area contributed by atoms with E-state index in [9.17, 15) is 9.18 Å². The summed E-state index contributed by atoms with van der Waals surface area (Å²) in [6, 6.07) is 6.94. The van der Waals surface area contributed by atoms with Gasteiger partial charge in [-0.05, 0) is 20.2 Å². The Balaban J connectivity index is 2.30. The number of para-hydroxylation sites is 1. The molecule has 0 bridgehead atoms. The van der Waals surface area contributed by atoms with Crippen LogP contribution in [0.25, 0.3) is 0 Å². The molecule has 16 heavy (non-hydrogen) atoms. The van der Waals surface area contributed by atoms with Crippen molar-refractivity contribution in [2.75, 3.05) is 26.0 Å². The van der Waals surface area contributed by atoms with Gasteiger partial charge in [-0.1, -0.05) is 18.2 Å². The number of hydrogen-bond acceptors (Lipinski definition) is 2. The van der Waals surface area contributed by atoms with Gasteiger partial charge in [0.25, 0.3) is 5.91 Å². The Hall–Kier alpha value is -1.42. The molecule has 0 saturated carbocycles. The number of fused-ring (bicyclic) bond motifs is 1. The Morgan fingerprint density at radius 2 is 2.06 bits per heavy atom. The topological polar surface area (TPSA) is 32.3 Å². The highest BCUT2D eigenvalue weighted by Crippen LogP contribution is 2.41. The van der Waals surface area contributed by atoms with Crippen molar-refractivity contribution in [3.8, 4) is 0 Å². The fraction of sp³-hybridized carbons (Fsp3) is 0.417. The molecular weight excluding hydrogens is 207 g/mol. The number of halogens is 1. The zero-order chi connectivity index (χ0) is 11.8. The van der Waals surface area contributed by atoms with Gasteiger partial charge in [-0.15, -0.1) is 0 Å². The number of carbonyl (C=O) groups excluding carboxylic acids is 1. The van der Waals surface area contributed by atoms with Gasteiger partial charge in [0.05, 0.1) is 0 Å². The molecule has 0 aliphatic carbocycles. The first-order chi connectivity index (χ1) is 7.54. The van der Waals surface area contributed by atoms with Gasteiger partial charge < -0.3 is 10.2 Å². The number of amides is 1. The van der Waals surface area contributed by atoms with Gasteiger partial charge in [0.15, 0.2) is 0 Å². The summed E-state index contributed by atoms with van der Waals surface area (Å²) in [5, 5.41) is 2.58. The number of hydrogen-bond donors (Lipinski definition) is 1. The van der Waals surface area contributed by atoms with Gasteiger partial charge in [-0.3, -0.25) is 4.79 Å². The van der Waals surface area contributed by atoms with Crippen molar-refractivity contribution >= 4 is 11.6 Å². The predicted octanol–water partition coefficient (Wildman–Crippen LogP) is 1.76. The zero-order valence-electron chi connectivity index (χ0n) is 9.46. The molecule has 1 amide bonds. The molecule has 0 saturated heterocycles. The van der Waals surface area contributed by atoms with E-state index in [1.165, 1.54) is 0 Å². The third-order valence-electron chi connectivity index (χ3n) is 2.87. The molecule has 1 N–H and O–H groups in total. The molecule has 0 radical (unpaired) electrons. The van der Waals surface area contributed by atoms with Crippen molar-refractivity contribution in [1.82, 2.24) is 4.90 Å². The van der Waals surface area contributed by atoms with Crippen LogP contribution in [0.2, 0.25) is 0 Å². The second-order valence-electron chi connectivity index (χ2n) is 4.35. The molecule has 2 rings (SSSR count). The van der Waals surface area contributed by atoms with Crippen LogP contribution in [0.15, 0.2) is 24.3 Å². The van der Waals surface area contributed by atoms with Gasteiger partial charge in [0, 0.05) is 24.2 Å². The normalized spacial score (nSPS) is 23.4. The Morgan fingerprint density at radius 3 is 2.75 bits per heavy atom. The van der Waals surface area contributed by atoms with Crippen molar-refractivity contribution < 1.29 is 9.18 Å². The summed E-state index contributed by atoms with van der Waals surface area (Å²) in [5.74, 6) is -0.546. The highest BCUT2D eigenvalue weighted by Gasteiger charge is 2.46. The molecule has 86 valence electrons. The molecule has 1 aromatic rings. The lowest BCUT2D eigenvalue weighted by Crippen LogP contribution is -2.33. The highest BCUT2D eigenvalue weighted by atomic mass is 19.1. The summed E-state index contributed by atoms with van der Waals surface area (Å²) in [6.45, 7) is 0.540. The number of nitrogens with zero attached hydrogens (tertiary/aromatic N) is 1. The van der Waals surface area contributed by atoms with E-state index < -0.39 is 11.6 Å². The van der Waals surface area contributed by atoms with Crippen molar-refractivity contribution in [2.45, 2.75) is 12.1 Å². The molecule has 0 fully saturated rings. The maximum Gasteiger partial charge on any atom is 0.266 e. The largest absolute Gasteiger partial charge is 0.323 e. The molecular formula is C12H15FN2O. The van der Waals surface area contributed by atoms with E-state index in [2.05, 4.69) is 5.32 Å². The van der Waals surface area contributed by atoms with Gasteiger partial charge in [0.1, 0.15) is 0 Å². The summed E-state index contributed by atoms with van der Waals surface area (Å²) in [6.07, 6.45) is 0.183. The Labute approximate surface area is 94.3 Å². The van der Waals surface area contributed by atoms with Crippen LogP contribution in [0.4, 0.5) is 10.1 Å². The highest BCUT2D eigenvalue weighted by molar-refractivity contribution is 6.04. The molecule has 3 nitrogen and oxygen atoms in total. The van der Waals surface area contributed by atoms with E-state index in [-0.39, 0.29) is 6.42 Å². The van der Waals surface area contributed by atoms with Crippen LogP contribution in [-0.2, 0) is 10.5 Å². The zero-order valence-corrected chi connectivity index (χ0v) is 9.46. The second kappa shape index (κ2) is 3.87. The van der Waals surface area contributed by atoms with E-state index >= 15 is 0 Å². The van der Waals surface area contributed by atoms with Gasteiger partial charge in [0.2, 0.25) is 5.67 Å². The number of carbonyl (C=O) groups is 1. The molecule has 1 heterocycles. The smallest absolute Gasteiger partial charge is 0.266 e. The van der Waals surface area contributed by atoms with E-state index in [1.54, 1.807) is 24.3 Å². The minimum atomic E-state index is -1.87. The minimum Gasteiger partial charge on any atom is -0.323 e. The number of benzene rings is 1. The third-order valence-corrected chi connectivity index (χ3v) is 2.87. The first-order valence-electron chi connectivity index (χ1n) is 5.28. The summed E-state index contributed by atoms with van der Waals surface area (Å²) in [5.41, 5.74) is -0.823. The Bertz CT molecular complexity index is 419. The predicted molar refractivity (Wildman–Crippen MR) is 61.0 cm³/mol. The van der Waals surface area contributed by atoms with E-state index in [0.717, 1.165) is 0 Å². The summed E-state index contributed by atoms with van der Waals surface area (Å²) >= 11 is 0. The maximum absolute atomic E-state index is 14.6. The number of nitrogens with one attached hydrogen (secondary N) is 1. The molecule has 0 aromatic heterocycles. The van der Waals surface area contributed by atoms with Gasteiger partial charge in [-0.25, -0.2) is 4.39 Å². The first kappa shape index (κ1) is 11.1. The summed E-state index contributed by atoms with van der Waals surface area (Å²) in [7, 11) is 3.73. The lowest BCUT2D eigenvalue weighted by atomic mass is 9.93. The lowest BCUT2D eigenvalue weighted by Gasteiger charge is -2.20. The minimum absolute atomic E-state index is 0.183. The molecule has 4 heteroatoms. The fourth-order valence-electron chi connectivity index (χ4n) is 1.91. The summed E-state index contributed by atoms with van der Waals surface area (Å²) < 4.78 is 14.6. The van der Waals surface area contributed by atoms with Crippen LogP contribution < -0.4 is 5.32 Å². The van der Waals surface area contributed by atoms with Crippen LogP contribution >= 0.6 is 0 Å². The monoisotopic (exact) mass is 222 g/mol. The molecule has 1 unspecified atom stereocenters. The number of rotatable bonds is 3. The fourth-order valence-corrected chi connectivity index (χ4v) is 1.91. The molecule has 1 atom stereocenters. The van der Waals surface area contributed by atoms with Crippen LogP contribution in [-0.4, -0.2) is 31.4 Å². The number of anilines is 1. The summed E-state index contributed by atoms with van der Waals surface area (Å²) in [4.78, 5) is 13.5. The van der Waals surface area contributed by atoms with Crippen molar-refractivity contribution in [1.29, 1.82) is 0 Å². The van der Waals surface area contributed by atoms with Gasteiger partial charge in [-0.2, -0.15) is 0 Å². The molecule has 1 aliphatic heterocycles. The van der Waals surface area contributed by atoms with E-state index in [1.807, 2.05) is 19.0 Å². The maximum atomic E-state index is 14.6.